The van der Waals surface area contributed by atoms with Gasteiger partial charge in [-0.25, -0.2) is 9.78 Å². The van der Waals surface area contributed by atoms with Crippen molar-refractivity contribution in [1.29, 1.82) is 0 Å². The van der Waals surface area contributed by atoms with E-state index in [4.69, 9.17) is 16.3 Å². The molecule has 0 saturated heterocycles. The zero-order valence-electron chi connectivity index (χ0n) is 15.7. The zero-order valence-corrected chi connectivity index (χ0v) is 17.2. The number of benzene rings is 1. The van der Waals surface area contributed by atoms with Crippen molar-refractivity contribution in [1.82, 2.24) is 15.6 Å². The van der Waals surface area contributed by atoms with E-state index in [9.17, 15) is 9.59 Å². The van der Waals surface area contributed by atoms with Crippen LogP contribution in [0.2, 0.25) is 5.02 Å². The maximum atomic E-state index is 12.5. The molecule has 0 unspecified atom stereocenters. The number of carbonyl (C=O) groups excluding carboxylic acids is 2. The average molecular weight is 410 g/mol. The van der Waals surface area contributed by atoms with Crippen molar-refractivity contribution in [3.8, 4) is 0 Å². The van der Waals surface area contributed by atoms with Crippen LogP contribution in [-0.2, 0) is 4.74 Å². The quantitative estimate of drug-likeness (QED) is 0.781. The molecule has 1 aromatic carbocycles. The number of hydrogen-bond acceptors (Lipinski definition) is 5. The third kappa shape index (κ3) is 5.56. The van der Waals surface area contributed by atoms with Crippen LogP contribution >= 0.6 is 22.9 Å². The summed E-state index contributed by atoms with van der Waals surface area (Å²) in [6.45, 7) is 5.53. The summed E-state index contributed by atoms with van der Waals surface area (Å²) in [6.07, 6.45) is 2.84. The van der Waals surface area contributed by atoms with Crippen LogP contribution < -0.4 is 10.6 Å². The lowest BCUT2D eigenvalue weighted by Crippen LogP contribution is -2.45. The molecule has 0 radical (unpaired) electrons. The smallest absolute Gasteiger partial charge is 0.407 e. The van der Waals surface area contributed by atoms with Gasteiger partial charge in [-0.15, -0.1) is 11.3 Å². The Hall–Kier alpha value is -1.86. The molecule has 1 heterocycles. The fourth-order valence-electron chi connectivity index (χ4n) is 3.10. The molecule has 0 spiro atoms. The molecule has 1 saturated carbocycles. The molecule has 2 amide bonds. The lowest BCUT2D eigenvalue weighted by molar-refractivity contribution is 0.0488. The van der Waals surface area contributed by atoms with E-state index in [0.29, 0.717) is 10.0 Å². The summed E-state index contributed by atoms with van der Waals surface area (Å²) in [5.41, 5.74) is 0.274. The van der Waals surface area contributed by atoms with Crippen LogP contribution in [0.1, 0.15) is 56.3 Å². The second kappa shape index (κ2) is 8.02. The highest BCUT2D eigenvalue weighted by atomic mass is 35.5. The minimum Gasteiger partial charge on any atom is -0.444 e. The van der Waals surface area contributed by atoms with Gasteiger partial charge < -0.3 is 15.4 Å². The first-order valence-electron chi connectivity index (χ1n) is 9.06. The number of fused-ring (bicyclic) bond motifs is 1. The van der Waals surface area contributed by atoms with Crippen molar-refractivity contribution < 1.29 is 14.3 Å². The Morgan fingerprint density at radius 1 is 1.15 bits per heavy atom. The molecule has 1 aliphatic rings. The summed E-state index contributed by atoms with van der Waals surface area (Å²) in [4.78, 5) is 28.7. The van der Waals surface area contributed by atoms with Crippen molar-refractivity contribution in [3.05, 3.63) is 28.2 Å². The lowest BCUT2D eigenvalue weighted by Gasteiger charge is -2.30. The van der Waals surface area contributed by atoms with Crippen LogP contribution in [-0.4, -0.2) is 34.7 Å². The Kier molecular flexibility index (Phi) is 5.91. The minimum absolute atomic E-state index is 0.0811. The number of alkyl carbamates (subject to hydrolysis) is 1. The largest absolute Gasteiger partial charge is 0.444 e. The Morgan fingerprint density at radius 2 is 1.78 bits per heavy atom. The van der Waals surface area contributed by atoms with Gasteiger partial charge in [0.25, 0.3) is 5.91 Å². The number of ether oxygens (including phenoxy) is 1. The predicted molar refractivity (Wildman–Crippen MR) is 108 cm³/mol. The average Bonchev–Trinajstić information content (AvgIpc) is 2.98. The first-order chi connectivity index (χ1) is 12.7. The molecule has 146 valence electrons. The maximum absolute atomic E-state index is 12.5. The predicted octanol–water partition coefficient (Wildman–Crippen LogP) is 4.52. The van der Waals surface area contributed by atoms with Crippen LogP contribution in [0, 0.1) is 0 Å². The Bertz CT molecular complexity index is 838. The zero-order chi connectivity index (χ0) is 19.6. The van der Waals surface area contributed by atoms with Crippen molar-refractivity contribution in [2.45, 2.75) is 64.1 Å². The number of halogens is 1. The molecule has 1 aliphatic carbocycles. The van der Waals surface area contributed by atoms with Crippen LogP contribution in [0.15, 0.2) is 18.2 Å². The van der Waals surface area contributed by atoms with Crippen LogP contribution in [0.5, 0.6) is 0 Å². The number of nitrogens with zero attached hydrogens (tertiary/aromatic N) is 1. The fraction of sp³-hybridized carbons (Fsp3) is 0.526. The van der Waals surface area contributed by atoms with E-state index in [2.05, 4.69) is 15.6 Å². The molecular weight excluding hydrogens is 386 g/mol. The number of thiazole rings is 1. The van der Waals surface area contributed by atoms with E-state index in [-0.39, 0.29) is 24.1 Å². The van der Waals surface area contributed by atoms with E-state index in [1.54, 1.807) is 6.07 Å². The number of amides is 2. The molecular formula is C19H24ClN3O3S. The molecule has 27 heavy (non-hydrogen) atoms. The van der Waals surface area contributed by atoms with Gasteiger partial charge in [-0.3, -0.25) is 4.79 Å². The van der Waals surface area contributed by atoms with Crippen LogP contribution in [0.4, 0.5) is 4.79 Å². The van der Waals surface area contributed by atoms with Crippen molar-refractivity contribution in [2.24, 2.45) is 0 Å². The van der Waals surface area contributed by atoms with Gasteiger partial charge in [0.15, 0.2) is 5.01 Å². The highest BCUT2D eigenvalue weighted by Gasteiger charge is 2.26. The van der Waals surface area contributed by atoms with E-state index >= 15 is 0 Å². The third-order valence-electron chi connectivity index (χ3n) is 4.33. The molecule has 3 rings (SSSR count). The molecule has 2 N–H and O–H groups in total. The molecule has 1 fully saturated rings. The molecule has 6 nitrogen and oxygen atoms in total. The highest BCUT2D eigenvalue weighted by Crippen LogP contribution is 2.26. The van der Waals surface area contributed by atoms with E-state index in [1.165, 1.54) is 11.3 Å². The summed E-state index contributed by atoms with van der Waals surface area (Å²) < 4.78 is 6.19. The second-order valence-corrected chi connectivity index (χ2v) is 9.27. The minimum atomic E-state index is -0.503. The summed E-state index contributed by atoms with van der Waals surface area (Å²) in [6, 6.07) is 5.57. The molecule has 0 aliphatic heterocycles. The number of rotatable bonds is 3. The second-order valence-electron chi connectivity index (χ2n) is 7.80. The number of nitrogens with one attached hydrogen (secondary N) is 2. The maximum Gasteiger partial charge on any atom is 0.407 e. The Morgan fingerprint density at radius 3 is 2.41 bits per heavy atom. The summed E-state index contributed by atoms with van der Waals surface area (Å²) in [5.74, 6) is -0.157. The van der Waals surface area contributed by atoms with E-state index in [0.717, 1.165) is 35.9 Å². The van der Waals surface area contributed by atoms with Gasteiger partial charge in [-0.05, 0) is 64.7 Å². The van der Waals surface area contributed by atoms with Crippen molar-refractivity contribution in [2.75, 3.05) is 0 Å². The normalized spacial score (nSPS) is 20.3. The van der Waals surface area contributed by atoms with Gasteiger partial charge >= 0.3 is 6.09 Å². The van der Waals surface area contributed by atoms with Gasteiger partial charge in [0.05, 0.1) is 10.2 Å². The molecule has 0 atom stereocenters. The fourth-order valence-corrected chi connectivity index (χ4v) is 4.24. The number of aromatic nitrogens is 1. The number of hydrogen-bond donors (Lipinski definition) is 2. The van der Waals surface area contributed by atoms with Gasteiger partial charge in [0, 0.05) is 17.1 Å². The third-order valence-corrected chi connectivity index (χ3v) is 5.58. The molecule has 2 aromatic rings. The van der Waals surface area contributed by atoms with Crippen molar-refractivity contribution in [3.63, 3.8) is 0 Å². The van der Waals surface area contributed by atoms with Crippen LogP contribution in [0.3, 0.4) is 0 Å². The SMILES string of the molecule is CC(C)(C)OC(=O)NC1CCC(NC(=O)c2nc3ccc(Cl)cc3s2)CC1. The first kappa shape index (κ1) is 19.9. The van der Waals surface area contributed by atoms with Crippen molar-refractivity contribution >= 4 is 45.2 Å². The van der Waals surface area contributed by atoms with E-state index < -0.39 is 5.60 Å². The monoisotopic (exact) mass is 409 g/mol. The summed E-state index contributed by atoms with van der Waals surface area (Å²) in [7, 11) is 0. The highest BCUT2D eigenvalue weighted by molar-refractivity contribution is 7.20. The Labute approximate surface area is 167 Å². The number of carbonyl (C=O) groups is 2. The standard InChI is InChI=1S/C19H24ClN3O3S/c1-19(2,3)26-18(25)22-13-7-5-12(6-8-13)21-16(24)17-23-14-9-4-11(20)10-15(14)27-17/h4,9-10,12-13H,5-8H2,1-3H3,(H,21,24)(H,22,25). The lowest BCUT2D eigenvalue weighted by atomic mass is 9.91. The first-order valence-corrected chi connectivity index (χ1v) is 10.3. The molecule has 0 bridgehead atoms. The summed E-state index contributed by atoms with van der Waals surface area (Å²) >= 11 is 7.33. The molecule has 8 heteroatoms. The van der Waals surface area contributed by atoms with E-state index in [1.807, 2.05) is 32.9 Å². The summed E-state index contributed by atoms with van der Waals surface area (Å²) in [5, 5.41) is 7.04. The Balaban J connectivity index is 1.49. The van der Waals surface area contributed by atoms with Gasteiger partial charge in [-0.2, -0.15) is 0 Å². The molecule has 1 aromatic heterocycles. The van der Waals surface area contributed by atoms with Gasteiger partial charge in [0.2, 0.25) is 0 Å². The topological polar surface area (TPSA) is 80.3 Å². The van der Waals surface area contributed by atoms with Crippen LogP contribution in [0.25, 0.3) is 10.2 Å². The van der Waals surface area contributed by atoms with Gasteiger partial charge in [-0.1, -0.05) is 11.6 Å². The van der Waals surface area contributed by atoms with Gasteiger partial charge in [0.1, 0.15) is 5.60 Å².